The molecular formula is C16H20N2. The average Bonchev–Trinajstić information content (AvgIpc) is 2.38. The van der Waals surface area contributed by atoms with E-state index in [9.17, 15) is 0 Å². The molecule has 0 atom stereocenters. The summed E-state index contributed by atoms with van der Waals surface area (Å²) in [7, 11) is 0. The fourth-order valence-electron chi connectivity index (χ4n) is 1.88. The maximum absolute atomic E-state index is 4.36. The number of aromatic nitrogens is 1. The molecule has 2 nitrogen and oxygen atoms in total. The summed E-state index contributed by atoms with van der Waals surface area (Å²) >= 11 is 0. The van der Waals surface area contributed by atoms with Crippen molar-refractivity contribution < 1.29 is 0 Å². The Labute approximate surface area is 109 Å². The van der Waals surface area contributed by atoms with Gasteiger partial charge in [0, 0.05) is 30.9 Å². The SMILES string of the molecule is CC(C)NCc1cccc(Cc2ccccn2)c1. The molecule has 0 saturated carbocycles. The van der Waals surface area contributed by atoms with Gasteiger partial charge in [0.2, 0.25) is 0 Å². The molecule has 0 spiro atoms. The van der Waals surface area contributed by atoms with Gasteiger partial charge in [-0.15, -0.1) is 0 Å². The number of benzene rings is 1. The Morgan fingerprint density at radius 1 is 1.06 bits per heavy atom. The van der Waals surface area contributed by atoms with E-state index in [1.54, 1.807) is 0 Å². The van der Waals surface area contributed by atoms with Crippen LogP contribution in [0.1, 0.15) is 30.7 Å². The van der Waals surface area contributed by atoms with Crippen LogP contribution in [-0.2, 0) is 13.0 Å². The van der Waals surface area contributed by atoms with Crippen molar-refractivity contribution in [3.63, 3.8) is 0 Å². The van der Waals surface area contributed by atoms with Crippen LogP contribution in [0.5, 0.6) is 0 Å². The molecule has 94 valence electrons. The van der Waals surface area contributed by atoms with Gasteiger partial charge in [0.05, 0.1) is 0 Å². The van der Waals surface area contributed by atoms with Gasteiger partial charge in [-0.25, -0.2) is 0 Å². The number of pyridine rings is 1. The summed E-state index contributed by atoms with van der Waals surface area (Å²) in [5.41, 5.74) is 3.76. The van der Waals surface area contributed by atoms with Crippen LogP contribution in [0.15, 0.2) is 48.7 Å². The fourth-order valence-corrected chi connectivity index (χ4v) is 1.88. The molecule has 2 aromatic rings. The molecule has 2 rings (SSSR count). The van der Waals surface area contributed by atoms with Crippen molar-refractivity contribution in [1.82, 2.24) is 10.3 Å². The van der Waals surface area contributed by atoms with Crippen molar-refractivity contribution in [1.29, 1.82) is 0 Å². The zero-order valence-electron chi connectivity index (χ0n) is 11.1. The van der Waals surface area contributed by atoms with E-state index in [1.165, 1.54) is 11.1 Å². The first-order chi connectivity index (χ1) is 8.74. The minimum Gasteiger partial charge on any atom is -0.310 e. The van der Waals surface area contributed by atoms with Crippen LogP contribution in [0.2, 0.25) is 0 Å². The van der Waals surface area contributed by atoms with E-state index < -0.39 is 0 Å². The summed E-state index contributed by atoms with van der Waals surface area (Å²) in [4.78, 5) is 4.36. The zero-order chi connectivity index (χ0) is 12.8. The lowest BCUT2D eigenvalue weighted by atomic mass is 10.1. The third-order valence-electron chi connectivity index (χ3n) is 2.82. The molecule has 0 unspecified atom stereocenters. The normalized spacial score (nSPS) is 10.8. The monoisotopic (exact) mass is 240 g/mol. The Balaban J connectivity index is 2.03. The smallest absolute Gasteiger partial charge is 0.0447 e. The maximum Gasteiger partial charge on any atom is 0.0447 e. The lowest BCUT2D eigenvalue weighted by molar-refractivity contribution is 0.588. The Hall–Kier alpha value is -1.67. The highest BCUT2D eigenvalue weighted by Crippen LogP contribution is 2.10. The van der Waals surface area contributed by atoms with Crippen molar-refractivity contribution in [3.8, 4) is 0 Å². The highest BCUT2D eigenvalue weighted by atomic mass is 14.9. The number of rotatable bonds is 5. The molecule has 0 aliphatic rings. The van der Waals surface area contributed by atoms with Gasteiger partial charge in [-0.05, 0) is 23.3 Å². The van der Waals surface area contributed by atoms with Crippen molar-refractivity contribution in [2.45, 2.75) is 32.9 Å². The van der Waals surface area contributed by atoms with Gasteiger partial charge in [-0.3, -0.25) is 4.98 Å². The molecule has 2 heteroatoms. The van der Waals surface area contributed by atoms with E-state index in [1.807, 2.05) is 18.3 Å². The highest BCUT2D eigenvalue weighted by Gasteiger charge is 2.00. The fraction of sp³-hybridized carbons (Fsp3) is 0.312. The van der Waals surface area contributed by atoms with Crippen LogP contribution >= 0.6 is 0 Å². The third kappa shape index (κ3) is 3.97. The van der Waals surface area contributed by atoms with Crippen LogP contribution < -0.4 is 5.32 Å². The number of hydrogen-bond donors (Lipinski definition) is 1. The Kier molecular flexibility index (Phi) is 4.48. The Morgan fingerprint density at radius 2 is 1.89 bits per heavy atom. The minimum absolute atomic E-state index is 0.518. The second kappa shape index (κ2) is 6.31. The van der Waals surface area contributed by atoms with Crippen LogP contribution in [-0.4, -0.2) is 11.0 Å². The standard InChI is InChI=1S/C16H20N2/c1-13(2)18-12-15-7-5-6-14(10-15)11-16-8-3-4-9-17-16/h3-10,13,18H,11-12H2,1-2H3. The first-order valence-corrected chi connectivity index (χ1v) is 6.45. The van der Waals surface area contributed by atoms with Crippen LogP contribution in [0.25, 0.3) is 0 Å². The van der Waals surface area contributed by atoms with E-state index in [-0.39, 0.29) is 0 Å². The molecule has 0 fully saturated rings. The molecule has 0 bridgehead atoms. The summed E-state index contributed by atoms with van der Waals surface area (Å²) in [5, 5.41) is 3.44. The minimum atomic E-state index is 0.518. The van der Waals surface area contributed by atoms with E-state index in [4.69, 9.17) is 0 Å². The molecule has 1 aromatic heterocycles. The van der Waals surface area contributed by atoms with Crippen LogP contribution in [0.3, 0.4) is 0 Å². The highest BCUT2D eigenvalue weighted by molar-refractivity contribution is 5.27. The van der Waals surface area contributed by atoms with E-state index in [2.05, 4.69) is 54.5 Å². The molecule has 0 amide bonds. The lowest BCUT2D eigenvalue weighted by Crippen LogP contribution is -2.21. The summed E-state index contributed by atoms with van der Waals surface area (Å²) in [5.74, 6) is 0. The van der Waals surface area contributed by atoms with Gasteiger partial charge < -0.3 is 5.32 Å². The topological polar surface area (TPSA) is 24.9 Å². The number of nitrogens with zero attached hydrogens (tertiary/aromatic N) is 1. The van der Waals surface area contributed by atoms with Crippen LogP contribution in [0.4, 0.5) is 0 Å². The molecule has 0 radical (unpaired) electrons. The molecule has 0 saturated heterocycles. The van der Waals surface area contributed by atoms with E-state index in [0.29, 0.717) is 6.04 Å². The summed E-state index contributed by atoms with van der Waals surface area (Å²) in [6, 6.07) is 15.3. The second-order valence-electron chi connectivity index (χ2n) is 4.85. The second-order valence-corrected chi connectivity index (χ2v) is 4.85. The third-order valence-corrected chi connectivity index (χ3v) is 2.82. The molecule has 1 heterocycles. The van der Waals surface area contributed by atoms with Crippen molar-refractivity contribution in [3.05, 3.63) is 65.5 Å². The Bertz CT molecular complexity index is 477. The van der Waals surface area contributed by atoms with Crippen molar-refractivity contribution >= 4 is 0 Å². The molecule has 18 heavy (non-hydrogen) atoms. The molecule has 0 aliphatic heterocycles. The molecular weight excluding hydrogens is 220 g/mol. The largest absolute Gasteiger partial charge is 0.310 e. The van der Waals surface area contributed by atoms with Gasteiger partial charge in [0.1, 0.15) is 0 Å². The van der Waals surface area contributed by atoms with Gasteiger partial charge in [-0.2, -0.15) is 0 Å². The molecule has 1 N–H and O–H groups in total. The van der Waals surface area contributed by atoms with Gasteiger partial charge in [-0.1, -0.05) is 44.2 Å². The van der Waals surface area contributed by atoms with E-state index >= 15 is 0 Å². The first-order valence-electron chi connectivity index (χ1n) is 6.45. The quantitative estimate of drug-likeness (QED) is 0.868. The van der Waals surface area contributed by atoms with Crippen molar-refractivity contribution in [2.24, 2.45) is 0 Å². The van der Waals surface area contributed by atoms with Gasteiger partial charge in [0.25, 0.3) is 0 Å². The molecule has 0 aliphatic carbocycles. The summed E-state index contributed by atoms with van der Waals surface area (Å²) in [6.07, 6.45) is 2.75. The van der Waals surface area contributed by atoms with Gasteiger partial charge in [0.15, 0.2) is 0 Å². The predicted octanol–water partition coefficient (Wildman–Crippen LogP) is 3.17. The summed E-state index contributed by atoms with van der Waals surface area (Å²) in [6.45, 7) is 5.25. The van der Waals surface area contributed by atoms with Crippen LogP contribution in [0, 0.1) is 0 Å². The Morgan fingerprint density at radius 3 is 2.61 bits per heavy atom. The maximum atomic E-state index is 4.36. The van der Waals surface area contributed by atoms with Gasteiger partial charge >= 0.3 is 0 Å². The first kappa shape index (κ1) is 12.8. The zero-order valence-corrected chi connectivity index (χ0v) is 11.1. The lowest BCUT2D eigenvalue weighted by Gasteiger charge is -2.09. The van der Waals surface area contributed by atoms with E-state index in [0.717, 1.165) is 18.7 Å². The average molecular weight is 240 g/mol. The number of hydrogen-bond acceptors (Lipinski definition) is 2. The number of nitrogens with one attached hydrogen (secondary N) is 1. The predicted molar refractivity (Wildman–Crippen MR) is 75.5 cm³/mol. The van der Waals surface area contributed by atoms with Crippen molar-refractivity contribution in [2.75, 3.05) is 0 Å². The molecule has 1 aromatic carbocycles. The summed E-state index contributed by atoms with van der Waals surface area (Å²) < 4.78 is 0.